The molecule has 8 aromatic carbocycles. The molecule has 3 aliphatic rings. The van der Waals surface area contributed by atoms with Gasteiger partial charge in [0.25, 0.3) is 0 Å². The molecule has 1 heteroatoms. The molecule has 11 rings (SSSR count). The van der Waals surface area contributed by atoms with Crippen LogP contribution in [0.5, 0.6) is 0 Å². The average molecular weight is 794 g/mol. The maximum absolute atomic E-state index is 2.50. The Morgan fingerprint density at radius 3 is 1.34 bits per heavy atom. The second-order valence-electron chi connectivity index (χ2n) is 16.7. The Balaban J connectivity index is 0.901. The highest BCUT2D eigenvalue weighted by Crippen LogP contribution is 2.50. The van der Waals surface area contributed by atoms with E-state index >= 15 is 0 Å². The van der Waals surface area contributed by atoms with Gasteiger partial charge in [-0.05, 0) is 139 Å². The SMILES string of the molecule is C1=CCCC(C2=CCC(N(c3ccc(-c4ccccc4)cc3)c3ccc(-c4ccc(C5c6ccc(-c7ccccc7)cc6-c6cc(-c7ccccc7)ccc65)cc4)cc3)C=C2)=C1. The number of nitrogens with zero attached hydrogens (tertiary/aromatic N) is 1. The van der Waals surface area contributed by atoms with Crippen LogP contribution >= 0.6 is 0 Å². The highest BCUT2D eigenvalue weighted by atomic mass is 15.2. The molecule has 1 unspecified atom stereocenters. The average Bonchev–Trinajstić information content (AvgIpc) is 3.69. The van der Waals surface area contributed by atoms with Gasteiger partial charge in [0.1, 0.15) is 0 Å². The number of benzene rings is 8. The fourth-order valence-corrected chi connectivity index (χ4v) is 9.77. The molecule has 0 spiro atoms. The molecule has 0 aromatic heterocycles. The molecule has 1 atom stereocenters. The summed E-state index contributed by atoms with van der Waals surface area (Å²) in [4.78, 5) is 2.50. The van der Waals surface area contributed by atoms with Crippen LogP contribution in [0.4, 0.5) is 11.4 Å². The van der Waals surface area contributed by atoms with Crippen molar-refractivity contribution in [2.45, 2.75) is 31.2 Å². The first-order valence-electron chi connectivity index (χ1n) is 22.0. The Morgan fingerprint density at radius 1 is 0.435 bits per heavy atom. The van der Waals surface area contributed by atoms with Crippen molar-refractivity contribution in [1.29, 1.82) is 0 Å². The molecule has 296 valence electrons. The Labute approximate surface area is 366 Å². The van der Waals surface area contributed by atoms with E-state index in [4.69, 9.17) is 0 Å². The van der Waals surface area contributed by atoms with E-state index in [9.17, 15) is 0 Å². The van der Waals surface area contributed by atoms with Crippen molar-refractivity contribution in [2.75, 3.05) is 4.90 Å². The summed E-state index contributed by atoms with van der Waals surface area (Å²) in [7, 11) is 0. The van der Waals surface area contributed by atoms with Crippen LogP contribution in [-0.4, -0.2) is 6.04 Å². The molecular weight excluding hydrogens is 747 g/mol. The zero-order valence-electron chi connectivity index (χ0n) is 34.7. The molecule has 8 aromatic rings. The van der Waals surface area contributed by atoms with Gasteiger partial charge < -0.3 is 4.90 Å². The lowest BCUT2D eigenvalue weighted by atomic mass is 9.87. The van der Waals surface area contributed by atoms with Gasteiger partial charge in [0.15, 0.2) is 0 Å². The number of allylic oxidation sites excluding steroid dienone is 6. The van der Waals surface area contributed by atoms with Crippen molar-refractivity contribution in [3.8, 4) is 55.6 Å². The monoisotopic (exact) mass is 793 g/mol. The molecule has 0 saturated heterocycles. The zero-order chi connectivity index (χ0) is 41.2. The van der Waals surface area contributed by atoms with Crippen LogP contribution < -0.4 is 4.90 Å². The predicted octanol–water partition coefficient (Wildman–Crippen LogP) is 16.2. The van der Waals surface area contributed by atoms with E-state index in [1.165, 1.54) is 94.8 Å². The van der Waals surface area contributed by atoms with Crippen LogP contribution in [0.25, 0.3) is 55.6 Å². The summed E-state index contributed by atoms with van der Waals surface area (Å²) in [6, 6.07) is 74.0. The summed E-state index contributed by atoms with van der Waals surface area (Å²) in [6.45, 7) is 0. The standard InChI is InChI=1S/C61H47N/c1-5-13-43(14-6-1)48-25-33-54(34-26-48)62(55-35-27-49(28-36-55)44-15-7-2-8-16-44)56-37-29-50(30-38-56)47-21-23-51(24-22-47)61-57-39-31-52(45-17-9-3-10-18-45)41-59(57)60-42-53(32-40-58(60)61)46-19-11-4-12-20-46/h1-7,9-15,17-35,37-42,55,61H,8,16,36H2. The van der Waals surface area contributed by atoms with Crippen molar-refractivity contribution in [1.82, 2.24) is 0 Å². The van der Waals surface area contributed by atoms with Gasteiger partial charge in [-0.15, -0.1) is 0 Å². The minimum absolute atomic E-state index is 0.164. The van der Waals surface area contributed by atoms with Crippen molar-refractivity contribution in [2.24, 2.45) is 0 Å². The fourth-order valence-electron chi connectivity index (χ4n) is 9.77. The zero-order valence-corrected chi connectivity index (χ0v) is 34.7. The first-order chi connectivity index (χ1) is 30.7. The maximum Gasteiger partial charge on any atom is 0.0560 e. The molecule has 0 aliphatic heterocycles. The summed E-state index contributed by atoms with van der Waals surface area (Å²) in [6.07, 6.45) is 17.1. The Morgan fingerprint density at radius 2 is 0.887 bits per heavy atom. The molecule has 0 N–H and O–H groups in total. The third kappa shape index (κ3) is 7.27. The summed E-state index contributed by atoms with van der Waals surface area (Å²) in [5.41, 5.74) is 21.7. The first kappa shape index (κ1) is 37.5. The minimum atomic E-state index is 0.164. The fraction of sp³-hybridized carbons (Fsp3) is 0.0820. The number of fused-ring (bicyclic) bond motifs is 3. The highest BCUT2D eigenvalue weighted by molar-refractivity contribution is 5.87. The van der Waals surface area contributed by atoms with Crippen molar-refractivity contribution in [3.05, 3.63) is 264 Å². The highest BCUT2D eigenvalue weighted by Gasteiger charge is 2.31. The first-order valence-corrected chi connectivity index (χ1v) is 22.0. The van der Waals surface area contributed by atoms with E-state index in [1.54, 1.807) is 0 Å². The lowest BCUT2D eigenvalue weighted by Crippen LogP contribution is -2.30. The summed E-state index contributed by atoms with van der Waals surface area (Å²) in [5.74, 6) is 0.164. The predicted molar refractivity (Wildman–Crippen MR) is 262 cm³/mol. The molecule has 0 radical (unpaired) electrons. The van der Waals surface area contributed by atoms with E-state index in [-0.39, 0.29) is 12.0 Å². The largest absolute Gasteiger partial charge is 0.334 e. The maximum atomic E-state index is 2.50. The summed E-state index contributed by atoms with van der Waals surface area (Å²) < 4.78 is 0. The minimum Gasteiger partial charge on any atom is -0.334 e. The Kier molecular flexibility index (Phi) is 10.00. The van der Waals surface area contributed by atoms with Crippen LogP contribution in [-0.2, 0) is 0 Å². The van der Waals surface area contributed by atoms with E-state index < -0.39 is 0 Å². The van der Waals surface area contributed by atoms with E-state index in [0.29, 0.717) is 0 Å². The second kappa shape index (κ2) is 16.5. The van der Waals surface area contributed by atoms with Gasteiger partial charge >= 0.3 is 0 Å². The van der Waals surface area contributed by atoms with E-state index in [1.807, 2.05) is 0 Å². The topological polar surface area (TPSA) is 3.24 Å². The second-order valence-corrected chi connectivity index (χ2v) is 16.7. The molecule has 62 heavy (non-hydrogen) atoms. The van der Waals surface area contributed by atoms with E-state index in [0.717, 1.165) is 19.3 Å². The van der Waals surface area contributed by atoms with Gasteiger partial charge in [-0.2, -0.15) is 0 Å². The van der Waals surface area contributed by atoms with Crippen LogP contribution in [0.1, 0.15) is 41.9 Å². The third-order valence-corrected chi connectivity index (χ3v) is 13.0. The third-order valence-electron chi connectivity index (χ3n) is 13.0. The van der Waals surface area contributed by atoms with Crippen LogP contribution in [0, 0.1) is 0 Å². The Bertz CT molecular complexity index is 2900. The molecule has 0 bridgehead atoms. The molecule has 1 nitrogen and oxygen atoms in total. The smallest absolute Gasteiger partial charge is 0.0560 e. The lowest BCUT2D eigenvalue weighted by Gasteiger charge is -2.33. The summed E-state index contributed by atoms with van der Waals surface area (Å²) in [5, 5.41) is 0. The van der Waals surface area contributed by atoms with E-state index in [2.05, 4.69) is 242 Å². The van der Waals surface area contributed by atoms with Crippen LogP contribution in [0.15, 0.2) is 248 Å². The lowest BCUT2D eigenvalue weighted by molar-refractivity contribution is 0.778. The quantitative estimate of drug-likeness (QED) is 0.141. The molecule has 0 heterocycles. The molecule has 0 amide bonds. The van der Waals surface area contributed by atoms with Gasteiger partial charge in [-0.25, -0.2) is 0 Å². The van der Waals surface area contributed by atoms with Gasteiger partial charge in [-0.1, -0.05) is 200 Å². The molecule has 0 fully saturated rings. The van der Waals surface area contributed by atoms with Gasteiger partial charge in [0.2, 0.25) is 0 Å². The summed E-state index contributed by atoms with van der Waals surface area (Å²) >= 11 is 0. The van der Waals surface area contributed by atoms with Gasteiger partial charge in [0, 0.05) is 17.3 Å². The normalized spacial score (nSPS) is 15.4. The molecule has 0 saturated carbocycles. The molecular formula is C61H47N. The van der Waals surface area contributed by atoms with Crippen LogP contribution in [0.3, 0.4) is 0 Å². The number of rotatable bonds is 9. The van der Waals surface area contributed by atoms with Crippen molar-refractivity contribution < 1.29 is 0 Å². The molecule has 3 aliphatic carbocycles. The van der Waals surface area contributed by atoms with Gasteiger partial charge in [-0.3, -0.25) is 0 Å². The number of hydrogen-bond acceptors (Lipinski definition) is 1. The van der Waals surface area contributed by atoms with Crippen molar-refractivity contribution >= 4 is 11.4 Å². The Hall–Kier alpha value is -7.48. The number of hydrogen-bond donors (Lipinski definition) is 0. The van der Waals surface area contributed by atoms with Gasteiger partial charge in [0.05, 0.1) is 6.04 Å². The van der Waals surface area contributed by atoms with Crippen molar-refractivity contribution in [3.63, 3.8) is 0 Å². The van der Waals surface area contributed by atoms with Crippen LogP contribution in [0.2, 0.25) is 0 Å². The number of anilines is 2.